The molecule has 1 aromatic carbocycles. The number of benzene rings is 1. The molecule has 1 aromatic rings. The highest BCUT2D eigenvalue weighted by Crippen LogP contribution is 2.45. The average molecular weight is 231 g/mol. The van der Waals surface area contributed by atoms with Crippen LogP contribution in [0.1, 0.15) is 45.1 Å². The standard InChI is InChI=1S/C16H25N/c1-4-17-16(12(2)3)15(14-10-11-14)13-8-6-5-7-9-13/h5-9,12,14-17H,4,10-11H2,1-3H3. The van der Waals surface area contributed by atoms with E-state index in [1.54, 1.807) is 0 Å². The maximum absolute atomic E-state index is 3.70. The Labute approximate surface area is 106 Å². The van der Waals surface area contributed by atoms with E-state index in [4.69, 9.17) is 0 Å². The molecule has 1 fully saturated rings. The molecule has 1 aliphatic rings. The molecule has 0 heterocycles. The molecule has 2 rings (SSSR count). The Bertz CT molecular complexity index is 327. The van der Waals surface area contributed by atoms with Crippen LogP contribution in [0.4, 0.5) is 0 Å². The number of nitrogens with one attached hydrogen (secondary N) is 1. The normalized spacial score (nSPS) is 19.3. The fourth-order valence-electron chi connectivity index (χ4n) is 2.92. The average Bonchev–Trinajstić information content (AvgIpc) is 3.14. The van der Waals surface area contributed by atoms with Crippen LogP contribution in [0.15, 0.2) is 30.3 Å². The van der Waals surface area contributed by atoms with E-state index in [9.17, 15) is 0 Å². The predicted octanol–water partition coefficient (Wildman–Crippen LogP) is 3.81. The third-order valence-corrected chi connectivity index (χ3v) is 3.86. The number of hydrogen-bond acceptors (Lipinski definition) is 1. The van der Waals surface area contributed by atoms with Crippen LogP contribution in [-0.4, -0.2) is 12.6 Å². The van der Waals surface area contributed by atoms with Gasteiger partial charge in [-0.3, -0.25) is 0 Å². The minimum Gasteiger partial charge on any atom is -0.313 e. The number of hydrogen-bond donors (Lipinski definition) is 1. The summed E-state index contributed by atoms with van der Waals surface area (Å²) < 4.78 is 0. The molecule has 0 saturated heterocycles. The lowest BCUT2D eigenvalue weighted by atomic mass is 9.81. The first kappa shape index (κ1) is 12.6. The van der Waals surface area contributed by atoms with E-state index in [0.717, 1.165) is 12.5 Å². The zero-order valence-electron chi connectivity index (χ0n) is 11.3. The van der Waals surface area contributed by atoms with Gasteiger partial charge in [-0.25, -0.2) is 0 Å². The Morgan fingerprint density at radius 1 is 1.18 bits per heavy atom. The summed E-state index contributed by atoms with van der Waals surface area (Å²) in [7, 11) is 0. The summed E-state index contributed by atoms with van der Waals surface area (Å²) in [5.41, 5.74) is 1.52. The highest BCUT2D eigenvalue weighted by molar-refractivity contribution is 5.24. The van der Waals surface area contributed by atoms with Gasteiger partial charge in [0, 0.05) is 12.0 Å². The molecule has 0 radical (unpaired) electrons. The van der Waals surface area contributed by atoms with Gasteiger partial charge in [-0.15, -0.1) is 0 Å². The molecule has 2 atom stereocenters. The van der Waals surface area contributed by atoms with Crippen molar-refractivity contribution < 1.29 is 0 Å². The molecule has 0 bridgehead atoms. The van der Waals surface area contributed by atoms with Crippen molar-refractivity contribution in [2.45, 2.75) is 45.6 Å². The lowest BCUT2D eigenvalue weighted by Crippen LogP contribution is -2.40. The molecule has 1 aliphatic carbocycles. The third-order valence-electron chi connectivity index (χ3n) is 3.86. The Morgan fingerprint density at radius 2 is 1.82 bits per heavy atom. The first-order valence-electron chi connectivity index (χ1n) is 7.02. The van der Waals surface area contributed by atoms with Crippen molar-refractivity contribution in [2.24, 2.45) is 11.8 Å². The van der Waals surface area contributed by atoms with Gasteiger partial charge in [0.1, 0.15) is 0 Å². The van der Waals surface area contributed by atoms with Crippen LogP contribution < -0.4 is 5.32 Å². The van der Waals surface area contributed by atoms with Crippen molar-refractivity contribution in [2.75, 3.05) is 6.54 Å². The van der Waals surface area contributed by atoms with Crippen LogP contribution in [-0.2, 0) is 0 Å². The lowest BCUT2D eigenvalue weighted by molar-refractivity contribution is 0.324. The van der Waals surface area contributed by atoms with Gasteiger partial charge in [0.2, 0.25) is 0 Å². The van der Waals surface area contributed by atoms with Crippen LogP contribution in [0.3, 0.4) is 0 Å². The van der Waals surface area contributed by atoms with Crippen LogP contribution in [0.25, 0.3) is 0 Å². The molecule has 1 heteroatoms. The molecule has 1 N–H and O–H groups in total. The number of likely N-dealkylation sites (N-methyl/N-ethyl adjacent to an activating group) is 1. The summed E-state index contributed by atoms with van der Waals surface area (Å²) in [5, 5.41) is 3.70. The van der Waals surface area contributed by atoms with E-state index in [2.05, 4.69) is 56.4 Å². The first-order valence-corrected chi connectivity index (χ1v) is 7.02. The van der Waals surface area contributed by atoms with Crippen molar-refractivity contribution in [1.82, 2.24) is 5.32 Å². The maximum Gasteiger partial charge on any atom is 0.0161 e. The van der Waals surface area contributed by atoms with E-state index in [0.29, 0.717) is 17.9 Å². The zero-order chi connectivity index (χ0) is 12.3. The summed E-state index contributed by atoms with van der Waals surface area (Å²) in [4.78, 5) is 0. The quantitative estimate of drug-likeness (QED) is 0.785. The van der Waals surface area contributed by atoms with Crippen LogP contribution >= 0.6 is 0 Å². The zero-order valence-corrected chi connectivity index (χ0v) is 11.3. The summed E-state index contributed by atoms with van der Waals surface area (Å²) in [6, 6.07) is 11.7. The monoisotopic (exact) mass is 231 g/mol. The van der Waals surface area contributed by atoms with Crippen molar-refractivity contribution >= 4 is 0 Å². The molecule has 1 saturated carbocycles. The molecule has 2 unspecified atom stereocenters. The molecular weight excluding hydrogens is 206 g/mol. The van der Waals surface area contributed by atoms with E-state index in [1.165, 1.54) is 18.4 Å². The number of rotatable bonds is 6. The van der Waals surface area contributed by atoms with E-state index < -0.39 is 0 Å². The van der Waals surface area contributed by atoms with Gasteiger partial charge in [-0.2, -0.15) is 0 Å². The first-order chi connectivity index (χ1) is 8.24. The molecule has 1 nitrogen and oxygen atoms in total. The summed E-state index contributed by atoms with van der Waals surface area (Å²) in [6.07, 6.45) is 2.82. The van der Waals surface area contributed by atoms with Crippen molar-refractivity contribution in [3.63, 3.8) is 0 Å². The Kier molecular flexibility index (Phi) is 4.22. The minimum absolute atomic E-state index is 0.620. The minimum atomic E-state index is 0.620. The van der Waals surface area contributed by atoms with Crippen molar-refractivity contribution in [3.8, 4) is 0 Å². The predicted molar refractivity (Wildman–Crippen MR) is 74.2 cm³/mol. The topological polar surface area (TPSA) is 12.0 Å². The smallest absolute Gasteiger partial charge is 0.0161 e. The third kappa shape index (κ3) is 3.10. The van der Waals surface area contributed by atoms with Crippen LogP contribution in [0.5, 0.6) is 0 Å². The summed E-state index contributed by atoms with van der Waals surface area (Å²) >= 11 is 0. The second kappa shape index (κ2) is 5.68. The highest BCUT2D eigenvalue weighted by atomic mass is 14.9. The van der Waals surface area contributed by atoms with E-state index in [-0.39, 0.29) is 0 Å². The molecular formula is C16H25N. The van der Waals surface area contributed by atoms with Gasteiger partial charge >= 0.3 is 0 Å². The van der Waals surface area contributed by atoms with Gasteiger partial charge in [0.05, 0.1) is 0 Å². The van der Waals surface area contributed by atoms with Gasteiger partial charge in [0.15, 0.2) is 0 Å². The summed E-state index contributed by atoms with van der Waals surface area (Å²) in [6.45, 7) is 7.96. The molecule has 94 valence electrons. The summed E-state index contributed by atoms with van der Waals surface area (Å²) in [5.74, 6) is 2.31. The largest absolute Gasteiger partial charge is 0.313 e. The maximum atomic E-state index is 3.70. The van der Waals surface area contributed by atoms with E-state index >= 15 is 0 Å². The Balaban J connectivity index is 2.21. The Hall–Kier alpha value is -0.820. The Morgan fingerprint density at radius 3 is 2.29 bits per heavy atom. The fraction of sp³-hybridized carbons (Fsp3) is 0.625. The van der Waals surface area contributed by atoms with Crippen LogP contribution in [0.2, 0.25) is 0 Å². The second-order valence-corrected chi connectivity index (χ2v) is 5.60. The van der Waals surface area contributed by atoms with Crippen molar-refractivity contribution in [3.05, 3.63) is 35.9 Å². The van der Waals surface area contributed by atoms with E-state index in [1.807, 2.05) is 0 Å². The molecule has 17 heavy (non-hydrogen) atoms. The van der Waals surface area contributed by atoms with Gasteiger partial charge in [-0.05, 0) is 36.8 Å². The van der Waals surface area contributed by atoms with Crippen molar-refractivity contribution in [1.29, 1.82) is 0 Å². The second-order valence-electron chi connectivity index (χ2n) is 5.60. The van der Waals surface area contributed by atoms with Gasteiger partial charge < -0.3 is 5.32 Å². The molecule has 0 amide bonds. The highest BCUT2D eigenvalue weighted by Gasteiger charge is 2.38. The fourth-order valence-corrected chi connectivity index (χ4v) is 2.92. The lowest BCUT2D eigenvalue weighted by Gasteiger charge is -2.31. The van der Waals surface area contributed by atoms with Gasteiger partial charge in [0.25, 0.3) is 0 Å². The van der Waals surface area contributed by atoms with Crippen LogP contribution in [0, 0.1) is 11.8 Å². The molecule has 0 aromatic heterocycles. The SMILES string of the molecule is CCNC(C(C)C)C(c1ccccc1)C1CC1. The van der Waals surface area contributed by atoms with Gasteiger partial charge in [-0.1, -0.05) is 51.1 Å². The molecule has 0 spiro atoms. The molecule has 0 aliphatic heterocycles.